The lowest BCUT2D eigenvalue weighted by Gasteiger charge is -2.58. The second-order valence-electron chi connectivity index (χ2n) is 13.4. The van der Waals surface area contributed by atoms with Gasteiger partial charge in [0.15, 0.2) is 0 Å². The van der Waals surface area contributed by atoms with Crippen molar-refractivity contribution >= 4 is 0 Å². The van der Waals surface area contributed by atoms with Gasteiger partial charge in [-0.05, 0) is 104 Å². The van der Waals surface area contributed by atoms with Crippen molar-refractivity contribution in [1.82, 2.24) is 0 Å². The van der Waals surface area contributed by atoms with E-state index in [9.17, 15) is 0 Å². The summed E-state index contributed by atoms with van der Waals surface area (Å²) < 4.78 is 0. The first-order valence-electron chi connectivity index (χ1n) is 14.5. The first kappa shape index (κ1) is 23.9. The highest BCUT2D eigenvalue weighted by Gasteiger charge is 2.59. The number of allylic oxidation sites excluding steroid dienone is 2. The van der Waals surface area contributed by atoms with Gasteiger partial charge in [-0.1, -0.05) is 91.7 Å². The summed E-state index contributed by atoms with van der Waals surface area (Å²) >= 11 is 0. The van der Waals surface area contributed by atoms with Crippen molar-refractivity contribution in [3.05, 3.63) is 11.6 Å². The van der Waals surface area contributed by atoms with Gasteiger partial charge in [0.2, 0.25) is 0 Å². The van der Waals surface area contributed by atoms with E-state index in [2.05, 4.69) is 47.6 Å². The molecule has 31 heavy (non-hydrogen) atoms. The maximum absolute atomic E-state index is 2.79. The number of fused-ring (bicyclic) bond motifs is 5. The molecule has 0 radical (unpaired) electrons. The van der Waals surface area contributed by atoms with Gasteiger partial charge in [-0.3, -0.25) is 0 Å². The third kappa shape index (κ3) is 4.33. The van der Waals surface area contributed by atoms with Crippen LogP contribution in [0.5, 0.6) is 0 Å². The Morgan fingerprint density at radius 1 is 0.968 bits per heavy atom. The van der Waals surface area contributed by atoms with Crippen molar-refractivity contribution in [2.75, 3.05) is 0 Å². The Hall–Kier alpha value is -0.260. The molecule has 0 aromatic heterocycles. The fraction of sp³-hybridized carbons (Fsp3) is 0.935. The van der Waals surface area contributed by atoms with E-state index in [4.69, 9.17) is 0 Å². The van der Waals surface area contributed by atoms with Crippen LogP contribution in [0.2, 0.25) is 0 Å². The van der Waals surface area contributed by atoms with Crippen LogP contribution in [-0.4, -0.2) is 0 Å². The second-order valence-corrected chi connectivity index (χ2v) is 13.4. The summed E-state index contributed by atoms with van der Waals surface area (Å²) in [5, 5.41) is 0. The molecule has 0 aliphatic heterocycles. The molecular formula is C31H54. The summed E-state index contributed by atoms with van der Waals surface area (Å²) in [6.07, 6.45) is 23.4. The number of rotatable bonds is 8. The highest BCUT2D eigenvalue weighted by atomic mass is 14.6. The molecule has 0 amide bonds. The Morgan fingerprint density at radius 2 is 1.77 bits per heavy atom. The molecule has 0 bridgehead atoms. The molecule has 4 aliphatic rings. The lowest BCUT2D eigenvalue weighted by atomic mass is 9.46. The Morgan fingerprint density at radius 3 is 2.48 bits per heavy atom. The first-order valence-corrected chi connectivity index (χ1v) is 14.5. The molecule has 3 saturated carbocycles. The maximum atomic E-state index is 2.79. The van der Waals surface area contributed by atoms with Crippen molar-refractivity contribution in [1.29, 1.82) is 0 Å². The van der Waals surface area contributed by atoms with Crippen LogP contribution in [0.15, 0.2) is 11.6 Å². The first-order chi connectivity index (χ1) is 14.8. The minimum absolute atomic E-state index is 0.550. The molecule has 178 valence electrons. The van der Waals surface area contributed by atoms with E-state index in [1.54, 1.807) is 6.42 Å². The predicted octanol–water partition coefficient (Wildman–Crippen LogP) is 9.83. The quantitative estimate of drug-likeness (QED) is 0.339. The van der Waals surface area contributed by atoms with E-state index in [1.807, 2.05) is 5.57 Å². The molecule has 0 aromatic carbocycles. The zero-order chi connectivity index (χ0) is 22.2. The van der Waals surface area contributed by atoms with E-state index in [0.29, 0.717) is 10.8 Å². The van der Waals surface area contributed by atoms with Gasteiger partial charge in [-0.2, -0.15) is 0 Å². The van der Waals surface area contributed by atoms with Gasteiger partial charge in [0, 0.05) is 0 Å². The summed E-state index contributed by atoms with van der Waals surface area (Å²) in [6, 6.07) is 0. The third-order valence-electron chi connectivity index (χ3n) is 11.4. The van der Waals surface area contributed by atoms with Crippen LogP contribution in [0, 0.1) is 52.3 Å². The summed E-state index contributed by atoms with van der Waals surface area (Å²) in [5.74, 6) is 6.85. The minimum Gasteiger partial charge on any atom is -0.0845 e. The van der Waals surface area contributed by atoms with Gasteiger partial charge in [-0.15, -0.1) is 0 Å². The molecule has 0 N–H and O–H groups in total. The van der Waals surface area contributed by atoms with Crippen LogP contribution in [-0.2, 0) is 0 Å². The van der Waals surface area contributed by atoms with Crippen molar-refractivity contribution in [3.63, 3.8) is 0 Å². The average Bonchev–Trinajstić information content (AvgIpc) is 3.08. The van der Waals surface area contributed by atoms with E-state index >= 15 is 0 Å². The Kier molecular flexibility index (Phi) is 7.35. The molecule has 4 rings (SSSR count). The Labute approximate surface area is 195 Å². The fourth-order valence-corrected chi connectivity index (χ4v) is 9.68. The third-order valence-corrected chi connectivity index (χ3v) is 11.4. The summed E-state index contributed by atoms with van der Waals surface area (Å²) in [7, 11) is 0. The van der Waals surface area contributed by atoms with Gasteiger partial charge in [-0.25, -0.2) is 0 Å². The lowest BCUT2D eigenvalue weighted by molar-refractivity contribution is -0.0546. The Balaban J connectivity index is 1.49. The minimum atomic E-state index is 0.550. The van der Waals surface area contributed by atoms with Crippen LogP contribution in [0.4, 0.5) is 0 Å². The zero-order valence-electron chi connectivity index (χ0n) is 22.0. The summed E-state index contributed by atoms with van der Waals surface area (Å²) in [6.45, 7) is 15.1. The van der Waals surface area contributed by atoms with Gasteiger partial charge >= 0.3 is 0 Å². The molecule has 8 atom stereocenters. The highest BCUT2D eigenvalue weighted by Crippen LogP contribution is 2.67. The molecule has 4 aliphatic carbocycles. The molecule has 0 aromatic rings. The molecule has 0 heterocycles. The number of hydrogen-bond donors (Lipinski definition) is 0. The van der Waals surface area contributed by atoms with Crippen molar-refractivity contribution in [2.24, 2.45) is 52.3 Å². The van der Waals surface area contributed by atoms with Crippen LogP contribution in [0.3, 0.4) is 0 Å². The molecule has 0 saturated heterocycles. The summed E-state index contributed by atoms with van der Waals surface area (Å²) in [4.78, 5) is 0. The molecule has 3 fully saturated rings. The molecule has 5 unspecified atom stereocenters. The Bertz CT molecular complexity index is 628. The van der Waals surface area contributed by atoms with Crippen molar-refractivity contribution in [2.45, 2.75) is 131 Å². The molecular weight excluding hydrogens is 372 g/mol. The monoisotopic (exact) mass is 426 g/mol. The largest absolute Gasteiger partial charge is 0.0845 e. The van der Waals surface area contributed by atoms with Crippen LogP contribution < -0.4 is 0 Å². The van der Waals surface area contributed by atoms with Crippen LogP contribution >= 0.6 is 0 Å². The summed E-state index contributed by atoms with van der Waals surface area (Å²) in [5.41, 5.74) is 3.09. The van der Waals surface area contributed by atoms with Crippen LogP contribution in [0.1, 0.15) is 131 Å². The standard InChI is InChI=1S/C31H54/c1-7-10-23-17-19-30(5)25(21-23)13-14-26-28-16-15-27(31(28,6)20-18-29(26)30)24(8-2)12-9-11-22(3)4/h13,22-24,26-29H,7-12,14-21H2,1-6H3/t23?,24-,26?,27-,28?,29?,30+,31?/m1/s1. The van der Waals surface area contributed by atoms with Crippen molar-refractivity contribution in [3.8, 4) is 0 Å². The van der Waals surface area contributed by atoms with Crippen LogP contribution in [0.25, 0.3) is 0 Å². The normalized spacial score (nSPS) is 43.2. The van der Waals surface area contributed by atoms with E-state index < -0.39 is 0 Å². The maximum Gasteiger partial charge on any atom is -0.00851 e. The van der Waals surface area contributed by atoms with Gasteiger partial charge < -0.3 is 0 Å². The van der Waals surface area contributed by atoms with Gasteiger partial charge in [0.05, 0.1) is 0 Å². The smallest absolute Gasteiger partial charge is 0.00851 e. The number of hydrogen-bond acceptors (Lipinski definition) is 0. The topological polar surface area (TPSA) is 0 Å². The molecule has 0 nitrogen and oxygen atoms in total. The SMILES string of the molecule is CCCC1CC[C@@]2(C)C(=CCC3C4CC[C@H]([C@H](CC)CCCC(C)C)C4(C)CCC32)C1. The van der Waals surface area contributed by atoms with Gasteiger partial charge in [0.1, 0.15) is 0 Å². The average molecular weight is 427 g/mol. The predicted molar refractivity (Wildman–Crippen MR) is 136 cm³/mol. The second kappa shape index (κ2) is 9.54. The highest BCUT2D eigenvalue weighted by molar-refractivity contribution is 5.25. The fourth-order valence-electron chi connectivity index (χ4n) is 9.68. The zero-order valence-corrected chi connectivity index (χ0v) is 22.0. The van der Waals surface area contributed by atoms with E-state index in [-0.39, 0.29) is 0 Å². The molecule has 0 heteroatoms. The van der Waals surface area contributed by atoms with E-state index in [0.717, 1.165) is 41.4 Å². The lowest BCUT2D eigenvalue weighted by Crippen LogP contribution is -2.50. The molecule has 0 spiro atoms. The van der Waals surface area contributed by atoms with Gasteiger partial charge in [0.25, 0.3) is 0 Å². The van der Waals surface area contributed by atoms with Crippen molar-refractivity contribution < 1.29 is 0 Å². The van der Waals surface area contributed by atoms with E-state index in [1.165, 1.54) is 83.5 Å².